The quantitative estimate of drug-likeness (QED) is 0.648. The van der Waals surface area contributed by atoms with E-state index in [9.17, 15) is 4.79 Å². The molecule has 1 heterocycles. The van der Waals surface area contributed by atoms with Crippen LogP contribution in [0.3, 0.4) is 0 Å². The number of carbonyl (C=O) groups excluding carboxylic acids is 1. The second kappa shape index (κ2) is 7.79. The van der Waals surface area contributed by atoms with E-state index in [1.165, 1.54) is 11.8 Å². The highest BCUT2D eigenvalue weighted by atomic mass is 32.2. The molecule has 0 aliphatic carbocycles. The van der Waals surface area contributed by atoms with Crippen molar-refractivity contribution in [3.05, 3.63) is 72.6 Å². The fraction of sp³-hybridized carbons (Fsp3) is 0.167. The van der Waals surface area contributed by atoms with E-state index in [0.717, 1.165) is 11.3 Å². The van der Waals surface area contributed by atoms with Crippen LogP contribution in [0.4, 0.5) is 0 Å². The molecule has 0 N–H and O–H groups in total. The Morgan fingerprint density at radius 3 is 2.46 bits per heavy atom. The molecule has 6 heteroatoms. The summed E-state index contributed by atoms with van der Waals surface area (Å²) < 4.78 is 1.88. The van der Waals surface area contributed by atoms with Crippen molar-refractivity contribution in [2.24, 2.45) is 0 Å². The van der Waals surface area contributed by atoms with Crippen LogP contribution in [0.25, 0.3) is 5.69 Å². The molecule has 0 aliphatic rings. The van der Waals surface area contributed by atoms with Gasteiger partial charge in [-0.2, -0.15) is 0 Å². The number of hydrogen-bond donors (Lipinski definition) is 0. The van der Waals surface area contributed by atoms with Crippen LogP contribution in [-0.4, -0.2) is 38.4 Å². The SMILES string of the molecule is CN(Cc1ccccc1)C(=O)CSc1nncn1-c1ccccc1. The summed E-state index contributed by atoms with van der Waals surface area (Å²) in [6, 6.07) is 19.8. The summed E-state index contributed by atoms with van der Waals surface area (Å²) in [5, 5.41) is 8.78. The average Bonchev–Trinajstić information content (AvgIpc) is 3.10. The highest BCUT2D eigenvalue weighted by Gasteiger charge is 2.13. The maximum absolute atomic E-state index is 12.3. The molecule has 0 fully saturated rings. The van der Waals surface area contributed by atoms with Crippen molar-refractivity contribution in [2.75, 3.05) is 12.8 Å². The fourth-order valence-corrected chi connectivity index (χ4v) is 3.14. The van der Waals surface area contributed by atoms with Gasteiger partial charge >= 0.3 is 0 Å². The van der Waals surface area contributed by atoms with Gasteiger partial charge in [0.25, 0.3) is 0 Å². The number of para-hydroxylation sites is 1. The third-order valence-corrected chi connectivity index (χ3v) is 4.49. The summed E-state index contributed by atoms with van der Waals surface area (Å²) >= 11 is 1.39. The lowest BCUT2D eigenvalue weighted by Crippen LogP contribution is -2.27. The Kier molecular flexibility index (Phi) is 5.28. The zero-order chi connectivity index (χ0) is 16.8. The monoisotopic (exact) mass is 338 g/mol. The van der Waals surface area contributed by atoms with Crippen molar-refractivity contribution in [3.63, 3.8) is 0 Å². The third-order valence-electron chi connectivity index (χ3n) is 3.56. The highest BCUT2D eigenvalue weighted by molar-refractivity contribution is 7.99. The van der Waals surface area contributed by atoms with Crippen LogP contribution in [0.1, 0.15) is 5.56 Å². The van der Waals surface area contributed by atoms with Crippen molar-refractivity contribution in [1.82, 2.24) is 19.7 Å². The standard InChI is InChI=1S/C18H18N4OS/c1-21(12-15-8-4-2-5-9-15)17(23)13-24-18-20-19-14-22(18)16-10-6-3-7-11-16/h2-11,14H,12-13H2,1H3. The topological polar surface area (TPSA) is 51.0 Å². The molecule has 0 spiro atoms. The van der Waals surface area contributed by atoms with Crippen LogP contribution in [-0.2, 0) is 11.3 Å². The molecule has 2 aromatic carbocycles. The van der Waals surface area contributed by atoms with E-state index < -0.39 is 0 Å². The Labute approximate surface area is 145 Å². The number of benzene rings is 2. The molecular formula is C18H18N4OS. The minimum atomic E-state index is 0.0615. The molecule has 0 saturated carbocycles. The van der Waals surface area contributed by atoms with Gasteiger partial charge in [-0.3, -0.25) is 9.36 Å². The van der Waals surface area contributed by atoms with Gasteiger partial charge in [-0.15, -0.1) is 10.2 Å². The van der Waals surface area contributed by atoms with E-state index in [-0.39, 0.29) is 5.91 Å². The molecule has 1 aromatic heterocycles. The summed E-state index contributed by atoms with van der Waals surface area (Å²) in [6.07, 6.45) is 1.66. The molecule has 0 bridgehead atoms. The first-order valence-corrected chi connectivity index (χ1v) is 8.59. The molecule has 0 aliphatic heterocycles. The molecule has 5 nitrogen and oxygen atoms in total. The van der Waals surface area contributed by atoms with Gasteiger partial charge in [0.05, 0.1) is 5.75 Å². The van der Waals surface area contributed by atoms with Crippen molar-refractivity contribution in [3.8, 4) is 5.69 Å². The Morgan fingerprint density at radius 1 is 1.08 bits per heavy atom. The average molecular weight is 338 g/mol. The molecule has 1 amide bonds. The van der Waals surface area contributed by atoms with Gasteiger partial charge in [0, 0.05) is 19.3 Å². The van der Waals surface area contributed by atoms with Crippen LogP contribution in [0.5, 0.6) is 0 Å². The predicted molar refractivity (Wildman–Crippen MR) is 95.0 cm³/mol. The van der Waals surface area contributed by atoms with Gasteiger partial charge in [-0.25, -0.2) is 0 Å². The molecule has 24 heavy (non-hydrogen) atoms. The first-order chi connectivity index (χ1) is 11.7. The second-order valence-corrected chi connectivity index (χ2v) is 6.29. The molecule has 0 saturated heterocycles. The Morgan fingerprint density at radius 2 is 1.75 bits per heavy atom. The number of rotatable bonds is 6. The van der Waals surface area contributed by atoms with Crippen LogP contribution < -0.4 is 0 Å². The maximum Gasteiger partial charge on any atom is 0.233 e. The fourth-order valence-electron chi connectivity index (χ4n) is 2.27. The summed E-state index contributed by atoms with van der Waals surface area (Å²) in [5.41, 5.74) is 2.10. The van der Waals surface area contributed by atoms with Crippen LogP contribution >= 0.6 is 11.8 Å². The number of amides is 1. The Bertz CT molecular complexity index is 789. The van der Waals surface area contributed by atoms with Gasteiger partial charge in [-0.05, 0) is 17.7 Å². The summed E-state index contributed by atoms with van der Waals surface area (Å²) in [6.45, 7) is 0.603. The number of thioether (sulfide) groups is 1. The summed E-state index contributed by atoms with van der Waals surface area (Å²) in [4.78, 5) is 14.1. The largest absolute Gasteiger partial charge is 0.341 e. The van der Waals surface area contributed by atoms with Crippen molar-refractivity contribution >= 4 is 17.7 Å². The lowest BCUT2D eigenvalue weighted by atomic mass is 10.2. The normalized spacial score (nSPS) is 10.5. The van der Waals surface area contributed by atoms with E-state index in [4.69, 9.17) is 0 Å². The van der Waals surface area contributed by atoms with E-state index in [0.29, 0.717) is 17.5 Å². The summed E-state index contributed by atoms with van der Waals surface area (Å²) in [7, 11) is 1.82. The molecule has 0 unspecified atom stereocenters. The highest BCUT2D eigenvalue weighted by Crippen LogP contribution is 2.19. The molecular weight excluding hydrogens is 320 g/mol. The van der Waals surface area contributed by atoms with E-state index in [2.05, 4.69) is 10.2 Å². The minimum absolute atomic E-state index is 0.0615. The van der Waals surface area contributed by atoms with Crippen molar-refractivity contribution in [1.29, 1.82) is 0 Å². The van der Waals surface area contributed by atoms with Crippen LogP contribution in [0.2, 0.25) is 0 Å². The molecule has 0 atom stereocenters. The molecule has 0 radical (unpaired) electrons. The Balaban J connectivity index is 1.60. The lowest BCUT2D eigenvalue weighted by molar-refractivity contribution is -0.127. The van der Waals surface area contributed by atoms with Crippen molar-refractivity contribution < 1.29 is 4.79 Å². The molecule has 122 valence electrons. The van der Waals surface area contributed by atoms with Crippen LogP contribution in [0, 0.1) is 0 Å². The zero-order valence-corrected chi connectivity index (χ0v) is 14.2. The van der Waals surface area contributed by atoms with Gasteiger partial charge in [0.1, 0.15) is 6.33 Å². The molecule has 3 aromatic rings. The first-order valence-electron chi connectivity index (χ1n) is 7.60. The number of carbonyl (C=O) groups is 1. The van der Waals surface area contributed by atoms with E-state index >= 15 is 0 Å². The molecule has 3 rings (SSSR count). The maximum atomic E-state index is 12.3. The second-order valence-electron chi connectivity index (χ2n) is 5.34. The van der Waals surface area contributed by atoms with Gasteiger partial charge < -0.3 is 4.90 Å². The number of aromatic nitrogens is 3. The van der Waals surface area contributed by atoms with Gasteiger partial charge in [-0.1, -0.05) is 60.3 Å². The Hall–Kier alpha value is -2.60. The van der Waals surface area contributed by atoms with Gasteiger partial charge in [0.15, 0.2) is 5.16 Å². The van der Waals surface area contributed by atoms with Gasteiger partial charge in [0.2, 0.25) is 5.91 Å². The van der Waals surface area contributed by atoms with Crippen LogP contribution in [0.15, 0.2) is 72.1 Å². The van der Waals surface area contributed by atoms with Crippen molar-refractivity contribution in [2.45, 2.75) is 11.7 Å². The zero-order valence-electron chi connectivity index (χ0n) is 13.4. The third kappa shape index (κ3) is 4.02. The predicted octanol–water partition coefficient (Wildman–Crippen LogP) is 3.02. The summed E-state index contributed by atoms with van der Waals surface area (Å²) in [5.74, 6) is 0.390. The lowest BCUT2D eigenvalue weighted by Gasteiger charge is -2.17. The number of nitrogens with zero attached hydrogens (tertiary/aromatic N) is 4. The smallest absolute Gasteiger partial charge is 0.233 e. The van der Waals surface area contributed by atoms with E-state index in [1.807, 2.05) is 72.3 Å². The number of hydrogen-bond acceptors (Lipinski definition) is 4. The minimum Gasteiger partial charge on any atom is -0.341 e. The van der Waals surface area contributed by atoms with E-state index in [1.54, 1.807) is 11.2 Å². The first kappa shape index (κ1) is 16.3.